The van der Waals surface area contributed by atoms with Crippen LogP contribution in [0.15, 0.2) is 29.3 Å². The zero-order valence-electron chi connectivity index (χ0n) is 14.5. The predicted molar refractivity (Wildman–Crippen MR) is 100 cm³/mol. The molecular weight excluding hydrogens is 354 g/mol. The van der Waals surface area contributed by atoms with Crippen LogP contribution < -0.4 is 10.9 Å². The van der Waals surface area contributed by atoms with Gasteiger partial charge < -0.3 is 10.4 Å². The molecule has 0 aliphatic carbocycles. The maximum Gasteiger partial charge on any atom is 0.335 e. The first-order chi connectivity index (χ1) is 12.3. The van der Waals surface area contributed by atoms with E-state index in [1.54, 1.807) is 19.9 Å². The molecule has 1 amide bonds. The Morgan fingerprint density at radius 3 is 2.69 bits per heavy atom. The van der Waals surface area contributed by atoms with Gasteiger partial charge in [0.05, 0.1) is 22.2 Å². The lowest BCUT2D eigenvalue weighted by Crippen LogP contribution is -2.19. The zero-order valence-corrected chi connectivity index (χ0v) is 15.3. The van der Waals surface area contributed by atoms with E-state index >= 15 is 0 Å². The fraction of sp³-hybridized carbons (Fsp3) is 0.222. The summed E-state index contributed by atoms with van der Waals surface area (Å²) in [7, 11) is 0. The van der Waals surface area contributed by atoms with Crippen molar-refractivity contribution in [2.45, 2.75) is 27.3 Å². The van der Waals surface area contributed by atoms with Crippen LogP contribution in [0.1, 0.15) is 38.1 Å². The highest BCUT2D eigenvalue weighted by Gasteiger charge is 2.20. The molecule has 134 valence electrons. The Morgan fingerprint density at radius 2 is 2.04 bits per heavy atom. The number of hydrogen-bond donors (Lipinski definition) is 2. The van der Waals surface area contributed by atoms with E-state index in [-0.39, 0.29) is 11.1 Å². The maximum atomic E-state index is 12.7. The van der Waals surface area contributed by atoms with Gasteiger partial charge in [0.1, 0.15) is 4.83 Å². The molecule has 0 saturated heterocycles. The zero-order chi connectivity index (χ0) is 19.0. The highest BCUT2D eigenvalue weighted by Crippen LogP contribution is 2.28. The maximum absolute atomic E-state index is 12.7. The first kappa shape index (κ1) is 17.8. The predicted octanol–water partition coefficient (Wildman–Crippen LogP) is 3.05. The molecule has 0 fully saturated rings. The van der Waals surface area contributed by atoms with E-state index in [2.05, 4.69) is 10.3 Å². The van der Waals surface area contributed by atoms with Crippen LogP contribution in [-0.2, 0) is 6.54 Å². The van der Waals surface area contributed by atoms with Crippen LogP contribution in [0.5, 0.6) is 0 Å². The summed E-state index contributed by atoms with van der Waals surface area (Å²) in [5.41, 5.74) is 1.66. The molecule has 0 saturated carbocycles. The number of amides is 1. The third kappa shape index (κ3) is 2.99. The minimum Gasteiger partial charge on any atom is -0.478 e. The number of thiophene rings is 1. The number of anilines is 1. The van der Waals surface area contributed by atoms with Crippen LogP contribution in [-0.4, -0.2) is 26.5 Å². The second kappa shape index (κ2) is 6.72. The number of hydrogen-bond acceptors (Lipinski definition) is 5. The second-order valence-electron chi connectivity index (χ2n) is 5.86. The normalized spacial score (nSPS) is 10.9. The summed E-state index contributed by atoms with van der Waals surface area (Å²) >= 11 is 1.15. The minimum atomic E-state index is -1.07. The number of nitrogens with one attached hydrogen (secondary N) is 1. The summed E-state index contributed by atoms with van der Waals surface area (Å²) in [6.45, 7) is 5.85. The third-order valence-electron chi connectivity index (χ3n) is 4.20. The lowest BCUT2D eigenvalue weighted by Gasteiger charge is -2.09. The molecule has 1 aromatic carbocycles. The molecule has 2 aromatic heterocycles. The fourth-order valence-electron chi connectivity index (χ4n) is 2.67. The van der Waals surface area contributed by atoms with Gasteiger partial charge >= 0.3 is 5.97 Å². The number of carboxylic acid groups (broad SMARTS) is 1. The molecule has 0 aliphatic rings. The average molecular weight is 371 g/mol. The van der Waals surface area contributed by atoms with E-state index < -0.39 is 11.9 Å². The van der Waals surface area contributed by atoms with E-state index in [9.17, 15) is 14.4 Å². The molecule has 2 N–H and O–H groups in total. The largest absolute Gasteiger partial charge is 0.478 e. The standard InChI is InChI=1S/C18H17N3O4S/c1-4-21-8-19-16-13(17(21)23)10(3)14(26-16)15(22)20-12-7-11(18(24)25)6-5-9(12)2/h5-8H,4H2,1-3H3,(H,20,22)(H,24,25). The van der Waals surface area contributed by atoms with Crippen molar-refractivity contribution in [3.63, 3.8) is 0 Å². The van der Waals surface area contributed by atoms with Gasteiger partial charge in [-0.3, -0.25) is 14.2 Å². The summed E-state index contributed by atoms with van der Waals surface area (Å²) in [6, 6.07) is 4.54. The summed E-state index contributed by atoms with van der Waals surface area (Å²) in [6.07, 6.45) is 1.47. The lowest BCUT2D eigenvalue weighted by molar-refractivity contribution is 0.0696. The number of carbonyl (C=O) groups is 2. The number of aromatic nitrogens is 2. The molecule has 3 aromatic rings. The third-order valence-corrected chi connectivity index (χ3v) is 5.40. The van der Waals surface area contributed by atoms with Gasteiger partial charge in [0, 0.05) is 12.2 Å². The Labute approximate surface area is 152 Å². The topological polar surface area (TPSA) is 101 Å². The van der Waals surface area contributed by atoms with Crippen molar-refractivity contribution in [2.24, 2.45) is 0 Å². The highest BCUT2D eigenvalue weighted by molar-refractivity contribution is 7.20. The van der Waals surface area contributed by atoms with Crippen molar-refractivity contribution in [3.8, 4) is 0 Å². The van der Waals surface area contributed by atoms with Crippen LogP contribution in [0.25, 0.3) is 10.2 Å². The van der Waals surface area contributed by atoms with Gasteiger partial charge in [-0.15, -0.1) is 11.3 Å². The van der Waals surface area contributed by atoms with Gasteiger partial charge in [-0.2, -0.15) is 0 Å². The molecule has 0 spiro atoms. The van der Waals surface area contributed by atoms with E-state index in [1.807, 2.05) is 6.92 Å². The van der Waals surface area contributed by atoms with Crippen LogP contribution in [0, 0.1) is 13.8 Å². The number of aryl methyl sites for hydroxylation is 3. The molecule has 0 bridgehead atoms. The molecule has 2 heterocycles. The minimum absolute atomic E-state index is 0.0893. The quantitative estimate of drug-likeness (QED) is 0.734. The summed E-state index contributed by atoms with van der Waals surface area (Å²) in [5, 5.41) is 12.3. The molecule has 7 nitrogen and oxygen atoms in total. The smallest absolute Gasteiger partial charge is 0.335 e. The number of carboxylic acids is 1. The number of aromatic carboxylic acids is 1. The van der Waals surface area contributed by atoms with Crippen LogP contribution >= 0.6 is 11.3 Å². The number of carbonyl (C=O) groups excluding carboxylic acids is 1. The van der Waals surface area contributed by atoms with Crippen molar-refractivity contribution in [1.29, 1.82) is 0 Å². The lowest BCUT2D eigenvalue weighted by atomic mass is 10.1. The Bertz CT molecular complexity index is 1100. The highest BCUT2D eigenvalue weighted by atomic mass is 32.1. The molecule has 0 radical (unpaired) electrons. The first-order valence-corrected chi connectivity index (χ1v) is 8.79. The van der Waals surface area contributed by atoms with Crippen LogP contribution in [0.3, 0.4) is 0 Å². The number of nitrogens with zero attached hydrogens (tertiary/aromatic N) is 2. The van der Waals surface area contributed by atoms with Crippen LogP contribution in [0.4, 0.5) is 5.69 Å². The molecule has 0 aliphatic heterocycles. The van der Waals surface area contributed by atoms with Crippen molar-refractivity contribution in [3.05, 3.63) is 56.4 Å². The second-order valence-corrected chi connectivity index (χ2v) is 6.86. The van der Waals surface area contributed by atoms with Gasteiger partial charge in [0.25, 0.3) is 11.5 Å². The number of fused-ring (bicyclic) bond motifs is 1. The van der Waals surface area contributed by atoms with E-state index in [0.29, 0.717) is 32.9 Å². The number of benzene rings is 1. The van der Waals surface area contributed by atoms with Crippen LogP contribution in [0.2, 0.25) is 0 Å². The monoisotopic (exact) mass is 371 g/mol. The molecule has 3 rings (SSSR count). The molecule has 8 heteroatoms. The fourth-order valence-corrected chi connectivity index (χ4v) is 3.70. The summed E-state index contributed by atoms with van der Waals surface area (Å²) in [4.78, 5) is 41.5. The SMILES string of the molecule is CCn1cnc2sc(C(=O)Nc3cc(C(=O)O)ccc3C)c(C)c2c1=O. The van der Waals surface area contributed by atoms with Crippen molar-refractivity contribution < 1.29 is 14.7 Å². The van der Waals surface area contributed by atoms with E-state index in [1.165, 1.54) is 23.0 Å². The molecular formula is C18H17N3O4S. The van der Waals surface area contributed by atoms with E-state index in [0.717, 1.165) is 16.9 Å². The molecule has 0 unspecified atom stereocenters. The van der Waals surface area contributed by atoms with Crippen molar-refractivity contribution >= 4 is 39.1 Å². The summed E-state index contributed by atoms with van der Waals surface area (Å²) in [5.74, 6) is -1.46. The Hall–Kier alpha value is -3.00. The van der Waals surface area contributed by atoms with Gasteiger partial charge in [-0.25, -0.2) is 9.78 Å². The van der Waals surface area contributed by atoms with Gasteiger partial charge in [0.2, 0.25) is 0 Å². The van der Waals surface area contributed by atoms with Gasteiger partial charge in [0.15, 0.2) is 0 Å². The van der Waals surface area contributed by atoms with Crippen molar-refractivity contribution in [1.82, 2.24) is 9.55 Å². The van der Waals surface area contributed by atoms with Crippen molar-refractivity contribution in [2.75, 3.05) is 5.32 Å². The molecule has 26 heavy (non-hydrogen) atoms. The van der Waals surface area contributed by atoms with E-state index in [4.69, 9.17) is 5.11 Å². The Kier molecular flexibility index (Phi) is 4.60. The number of rotatable bonds is 4. The Balaban J connectivity index is 2.03. The summed E-state index contributed by atoms with van der Waals surface area (Å²) < 4.78 is 1.49. The Morgan fingerprint density at radius 1 is 1.31 bits per heavy atom. The van der Waals surface area contributed by atoms with Gasteiger partial charge in [-0.05, 0) is 44.0 Å². The van der Waals surface area contributed by atoms with Gasteiger partial charge in [-0.1, -0.05) is 6.07 Å². The molecule has 0 atom stereocenters. The average Bonchev–Trinajstić information content (AvgIpc) is 2.94. The first-order valence-electron chi connectivity index (χ1n) is 7.97.